The molecule has 0 fully saturated rings. The van der Waals surface area contributed by atoms with E-state index in [0.29, 0.717) is 22.2 Å². The minimum absolute atomic E-state index is 0.112. The predicted molar refractivity (Wildman–Crippen MR) is 102 cm³/mol. The van der Waals surface area contributed by atoms with E-state index in [2.05, 4.69) is 31.0 Å². The SMILES string of the molecule is Cc1nc(-c2ccccc2)sc1Cn1cnc2c(c(Br)nn2C)c1=O. The highest BCUT2D eigenvalue weighted by atomic mass is 79.9. The molecular formula is C17H14BrN5OS. The molecule has 3 aromatic heterocycles. The van der Waals surface area contributed by atoms with Gasteiger partial charge in [0.15, 0.2) is 5.65 Å². The average Bonchev–Trinajstić information content (AvgIpc) is 3.11. The molecule has 0 N–H and O–H groups in total. The van der Waals surface area contributed by atoms with Gasteiger partial charge in [0.2, 0.25) is 0 Å². The van der Waals surface area contributed by atoms with E-state index in [0.717, 1.165) is 21.1 Å². The molecule has 3 heterocycles. The minimum Gasteiger partial charge on any atom is -0.293 e. The number of nitrogens with zero attached hydrogens (tertiary/aromatic N) is 5. The molecule has 4 aromatic rings. The lowest BCUT2D eigenvalue weighted by atomic mass is 10.2. The maximum absolute atomic E-state index is 12.8. The molecule has 6 nitrogen and oxygen atoms in total. The number of rotatable bonds is 3. The number of hydrogen-bond donors (Lipinski definition) is 0. The Morgan fingerprint density at radius 3 is 2.76 bits per heavy atom. The lowest BCUT2D eigenvalue weighted by molar-refractivity contribution is 0.740. The van der Waals surface area contributed by atoms with Crippen LogP contribution < -0.4 is 5.56 Å². The molecule has 0 radical (unpaired) electrons. The van der Waals surface area contributed by atoms with Gasteiger partial charge in [-0.2, -0.15) is 5.10 Å². The van der Waals surface area contributed by atoms with Crippen molar-refractivity contribution in [1.29, 1.82) is 0 Å². The molecule has 0 unspecified atom stereocenters. The van der Waals surface area contributed by atoms with Crippen molar-refractivity contribution in [3.05, 3.63) is 62.2 Å². The Labute approximate surface area is 155 Å². The predicted octanol–water partition coefficient (Wildman–Crippen LogP) is 3.37. The summed E-state index contributed by atoms with van der Waals surface area (Å²) in [6.45, 7) is 2.41. The number of aromatic nitrogens is 5. The lowest BCUT2D eigenvalue weighted by Gasteiger charge is -2.04. The topological polar surface area (TPSA) is 65.6 Å². The fraction of sp³-hybridized carbons (Fsp3) is 0.176. The zero-order valence-electron chi connectivity index (χ0n) is 13.6. The smallest absolute Gasteiger partial charge is 0.265 e. The second kappa shape index (κ2) is 6.20. The minimum atomic E-state index is -0.112. The summed E-state index contributed by atoms with van der Waals surface area (Å²) in [7, 11) is 1.77. The number of halogens is 1. The summed E-state index contributed by atoms with van der Waals surface area (Å²) < 4.78 is 3.71. The number of hydrogen-bond acceptors (Lipinski definition) is 5. The first-order valence-electron chi connectivity index (χ1n) is 7.64. The van der Waals surface area contributed by atoms with Crippen LogP contribution in [0, 0.1) is 6.92 Å². The van der Waals surface area contributed by atoms with E-state index in [1.807, 2.05) is 37.3 Å². The van der Waals surface area contributed by atoms with Gasteiger partial charge in [-0.15, -0.1) is 11.3 Å². The Morgan fingerprint density at radius 1 is 1.24 bits per heavy atom. The number of fused-ring (bicyclic) bond motifs is 1. The first-order chi connectivity index (χ1) is 12.0. The number of benzene rings is 1. The molecule has 0 saturated heterocycles. The first kappa shape index (κ1) is 16.2. The highest BCUT2D eigenvalue weighted by Crippen LogP contribution is 2.28. The zero-order valence-corrected chi connectivity index (χ0v) is 16.0. The Hall–Kier alpha value is -2.32. The van der Waals surface area contributed by atoms with Gasteiger partial charge in [0, 0.05) is 17.5 Å². The Balaban J connectivity index is 1.75. The van der Waals surface area contributed by atoms with Gasteiger partial charge in [-0.05, 0) is 22.9 Å². The van der Waals surface area contributed by atoms with Gasteiger partial charge in [0.25, 0.3) is 5.56 Å². The normalized spacial score (nSPS) is 11.3. The fourth-order valence-electron chi connectivity index (χ4n) is 2.68. The molecule has 0 aliphatic rings. The summed E-state index contributed by atoms with van der Waals surface area (Å²) >= 11 is 4.94. The van der Waals surface area contributed by atoms with Gasteiger partial charge in [0.1, 0.15) is 21.3 Å². The van der Waals surface area contributed by atoms with E-state index in [9.17, 15) is 4.79 Å². The molecule has 25 heavy (non-hydrogen) atoms. The summed E-state index contributed by atoms with van der Waals surface area (Å²) in [5.74, 6) is 0. The summed E-state index contributed by atoms with van der Waals surface area (Å²) in [5, 5.41) is 5.66. The van der Waals surface area contributed by atoms with Gasteiger partial charge in [-0.25, -0.2) is 14.6 Å². The zero-order chi connectivity index (χ0) is 17.6. The standard InChI is InChI=1S/C17H14BrN5OS/c1-10-12(25-16(20-10)11-6-4-3-5-7-11)8-23-9-19-15-13(17(23)24)14(18)21-22(15)2/h3-7,9H,8H2,1-2H3. The molecule has 0 bridgehead atoms. The molecule has 0 atom stereocenters. The van der Waals surface area contributed by atoms with E-state index >= 15 is 0 Å². The van der Waals surface area contributed by atoms with Crippen LogP contribution >= 0.6 is 27.3 Å². The monoisotopic (exact) mass is 415 g/mol. The van der Waals surface area contributed by atoms with Crippen molar-refractivity contribution in [2.75, 3.05) is 0 Å². The van der Waals surface area contributed by atoms with Gasteiger partial charge in [-0.3, -0.25) is 9.36 Å². The van der Waals surface area contributed by atoms with Crippen molar-refractivity contribution >= 4 is 38.3 Å². The molecule has 0 saturated carbocycles. The molecule has 126 valence electrons. The maximum Gasteiger partial charge on any atom is 0.265 e. The second-order valence-corrected chi connectivity index (χ2v) is 7.52. The van der Waals surface area contributed by atoms with Gasteiger partial charge in [0.05, 0.1) is 12.2 Å². The maximum atomic E-state index is 12.8. The third-order valence-corrected chi connectivity index (χ3v) is 5.74. The van der Waals surface area contributed by atoms with E-state index in [-0.39, 0.29) is 5.56 Å². The Kier molecular flexibility index (Phi) is 4.01. The van der Waals surface area contributed by atoms with Crippen LogP contribution in [0.2, 0.25) is 0 Å². The highest BCUT2D eigenvalue weighted by Gasteiger charge is 2.15. The highest BCUT2D eigenvalue weighted by molar-refractivity contribution is 9.10. The molecule has 0 aliphatic heterocycles. The third kappa shape index (κ3) is 2.81. The van der Waals surface area contributed by atoms with Crippen LogP contribution in [0.5, 0.6) is 0 Å². The summed E-state index contributed by atoms with van der Waals surface area (Å²) in [4.78, 5) is 22.8. The van der Waals surface area contributed by atoms with Crippen LogP contribution in [0.25, 0.3) is 21.6 Å². The van der Waals surface area contributed by atoms with Crippen molar-refractivity contribution in [3.8, 4) is 10.6 Å². The van der Waals surface area contributed by atoms with E-state index in [1.54, 1.807) is 34.0 Å². The molecule has 8 heteroatoms. The largest absolute Gasteiger partial charge is 0.293 e. The summed E-state index contributed by atoms with van der Waals surface area (Å²) in [5.41, 5.74) is 2.47. The molecule has 0 amide bonds. The average molecular weight is 416 g/mol. The Morgan fingerprint density at radius 2 is 2.00 bits per heavy atom. The fourth-order valence-corrected chi connectivity index (χ4v) is 4.33. The van der Waals surface area contributed by atoms with Gasteiger partial charge >= 0.3 is 0 Å². The summed E-state index contributed by atoms with van der Waals surface area (Å²) in [6, 6.07) is 10.0. The van der Waals surface area contributed by atoms with Crippen LogP contribution in [-0.4, -0.2) is 24.3 Å². The van der Waals surface area contributed by atoms with Crippen molar-refractivity contribution < 1.29 is 0 Å². The number of thiazole rings is 1. The van der Waals surface area contributed by atoms with Crippen molar-refractivity contribution in [1.82, 2.24) is 24.3 Å². The Bertz CT molecular complexity index is 1130. The molecule has 1 aromatic carbocycles. The van der Waals surface area contributed by atoms with E-state index < -0.39 is 0 Å². The van der Waals surface area contributed by atoms with E-state index in [4.69, 9.17) is 0 Å². The van der Waals surface area contributed by atoms with Crippen LogP contribution in [0.4, 0.5) is 0 Å². The third-order valence-electron chi connectivity index (χ3n) is 4.00. The van der Waals surface area contributed by atoms with Crippen LogP contribution in [0.3, 0.4) is 0 Å². The van der Waals surface area contributed by atoms with Crippen molar-refractivity contribution in [2.24, 2.45) is 7.05 Å². The molecular weight excluding hydrogens is 402 g/mol. The second-order valence-electron chi connectivity index (χ2n) is 5.68. The van der Waals surface area contributed by atoms with Crippen LogP contribution in [0.15, 0.2) is 46.1 Å². The lowest BCUT2D eigenvalue weighted by Crippen LogP contribution is -2.21. The quantitative estimate of drug-likeness (QED) is 0.514. The molecule has 4 rings (SSSR count). The van der Waals surface area contributed by atoms with Gasteiger partial charge in [-0.1, -0.05) is 30.3 Å². The van der Waals surface area contributed by atoms with Gasteiger partial charge < -0.3 is 0 Å². The van der Waals surface area contributed by atoms with Crippen molar-refractivity contribution in [3.63, 3.8) is 0 Å². The summed E-state index contributed by atoms with van der Waals surface area (Å²) in [6.07, 6.45) is 1.57. The first-order valence-corrected chi connectivity index (χ1v) is 9.25. The van der Waals surface area contributed by atoms with Crippen molar-refractivity contribution in [2.45, 2.75) is 13.5 Å². The molecule has 0 spiro atoms. The number of aryl methyl sites for hydroxylation is 2. The van der Waals surface area contributed by atoms with Crippen LogP contribution in [0.1, 0.15) is 10.6 Å². The van der Waals surface area contributed by atoms with Crippen LogP contribution in [-0.2, 0) is 13.6 Å². The molecule has 0 aliphatic carbocycles. The van der Waals surface area contributed by atoms with E-state index in [1.165, 1.54) is 0 Å².